The molecule has 1 rings (SSSR count). The zero-order valence-corrected chi connectivity index (χ0v) is 14.8. The molecule has 23 heavy (non-hydrogen) atoms. The summed E-state index contributed by atoms with van der Waals surface area (Å²) in [4.78, 5) is 6.68. The number of para-hydroxylation sites is 1. The molecule has 0 saturated carbocycles. The van der Waals surface area contributed by atoms with Crippen LogP contribution in [0.3, 0.4) is 0 Å². The predicted octanol–water partition coefficient (Wildman–Crippen LogP) is 2.35. The van der Waals surface area contributed by atoms with Gasteiger partial charge in [0.2, 0.25) is 0 Å². The first kappa shape index (κ1) is 19.3. The predicted molar refractivity (Wildman–Crippen MR) is 98.3 cm³/mol. The van der Waals surface area contributed by atoms with Gasteiger partial charge in [0.15, 0.2) is 5.96 Å². The Balaban J connectivity index is 2.06. The van der Waals surface area contributed by atoms with Crippen molar-refractivity contribution >= 4 is 5.96 Å². The summed E-state index contributed by atoms with van der Waals surface area (Å²) in [6, 6.07) is 9.85. The molecule has 0 amide bonds. The van der Waals surface area contributed by atoms with Crippen LogP contribution in [0.5, 0.6) is 5.75 Å². The molecule has 0 spiro atoms. The maximum absolute atomic E-state index is 5.64. The Kier molecular flexibility index (Phi) is 10.7. The number of benzene rings is 1. The van der Waals surface area contributed by atoms with Gasteiger partial charge >= 0.3 is 0 Å². The molecule has 5 heteroatoms. The number of nitrogens with one attached hydrogen (secondary N) is 2. The normalized spacial score (nSPS) is 11.6. The van der Waals surface area contributed by atoms with E-state index in [1.54, 1.807) is 7.05 Å². The van der Waals surface area contributed by atoms with Crippen LogP contribution in [-0.2, 0) is 0 Å². The first-order chi connectivity index (χ1) is 11.3. The standard InChI is InChI=1S/C18H32N4O/c1-4-22(5-2)15-10-9-13-20-18(19-3)21-14-16-23-17-11-7-6-8-12-17/h6-8,11-12H,4-5,9-10,13-16H2,1-3H3,(H2,19,20,21). The van der Waals surface area contributed by atoms with Gasteiger partial charge in [-0.25, -0.2) is 0 Å². The zero-order chi connectivity index (χ0) is 16.8. The van der Waals surface area contributed by atoms with Gasteiger partial charge in [0, 0.05) is 13.6 Å². The SMILES string of the molecule is CCN(CC)CCCCNC(=NC)NCCOc1ccccc1. The van der Waals surface area contributed by atoms with Crippen molar-refractivity contribution in [1.82, 2.24) is 15.5 Å². The lowest BCUT2D eigenvalue weighted by Gasteiger charge is -2.18. The van der Waals surface area contributed by atoms with Gasteiger partial charge in [-0.3, -0.25) is 4.99 Å². The zero-order valence-electron chi connectivity index (χ0n) is 14.8. The minimum Gasteiger partial charge on any atom is -0.492 e. The van der Waals surface area contributed by atoms with Gasteiger partial charge in [-0.1, -0.05) is 32.0 Å². The van der Waals surface area contributed by atoms with Crippen molar-refractivity contribution in [2.45, 2.75) is 26.7 Å². The molecular formula is C18H32N4O. The fraction of sp³-hybridized carbons (Fsp3) is 0.611. The molecule has 0 aliphatic rings. The van der Waals surface area contributed by atoms with Gasteiger partial charge in [0.1, 0.15) is 12.4 Å². The highest BCUT2D eigenvalue weighted by molar-refractivity contribution is 5.79. The molecule has 0 bridgehead atoms. The Hall–Kier alpha value is -1.75. The molecule has 2 N–H and O–H groups in total. The van der Waals surface area contributed by atoms with Crippen LogP contribution in [0.15, 0.2) is 35.3 Å². The van der Waals surface area contributed by atoms with Crippen molar-refractivity contribution in [2.75, 3.05) is 46.4 Å². The number of nitrogens with zero attached hydrogens (tertiary/aromatic N) is 2. The Morgan fingerprint density at radius 3 is 2.39 bits per heavy atom. The quantitative estimate of drug-likeness (QED) is 0.373. The first-order valence-corrected chi connectivity index (χ1v) is 8.64. The molecule has 0 saturated heterocycles. The molecule has 130 valence electrons. The van der Waals surface area contributed by atoms with Crippen molar-refractivity contribution in [3.8, 4) is 5.75 Å². The van der Waals surface area contributed by atoms with Crippen LogP contribution in [0.25, 0.3) is 0 Å². The first-order valence-electron chi connectivity index (χ1n) is 8.64. The summed E-state index contributed by atoms with van der Waals surface area (Å²) in [7, 11) is 1.79. The van der Waals surface area contributed by atoms with E-state index in [9.17, 15) is 0 Å². The topological polar surface area (TPSA) is 48.9 Å². The number of unbranched alkanes of at least 4 members (excludes halogenated alkanes) is 1. The minimum absolute atomic E-state index is 0.618. The summed E-state index contributed by atoms with van der Waals surface area (Å²) in [5.74, 6) is 1.73. The second-order valence-electron chi connectivity index (χ2n) is 5.32. The lowest BCUT2D eigenvalue weighted by molar-refractivity contribution is 0.297. The number of hydrogen-bond donors (Lipinski definition) is 2. The van der Waals surface area contributed by atoms with Crippen molar-refractivity contribution < 1.29 is 4.74 Å². The molecule has 0 radical (unpaired) electrons. The van der Waals surface area contributed by atoms with Crippen LogP contribution in [0.2, 0.25) is 0 Å². The average Bonchev–Trinajstić information content (AvgIpc) is 2.60. The van der Waals surface area contributed by atoms with Crippen molar-refractivity contribution in [2.24, 2.45) is 4.99 Å². The Morgan fingerprint density at radius 2 is 1.74 bits per heavy atom. The Labute approximate surface area is 141 Å². The van der Waals surface area contributed by atoms with E-state index in [2.05, 4.69) is 34.4 Å². The maximum Gasteiger partial charge on any atom is 0.191 e. The minimum atomic E-state index is 0.618. The summed E-state index contributed by atoms with van der Waals surface area (Å²) < 4.78 is 5.64. The van der Waals surface area contributed by atoms with Crippen LogP contribution < -0.4 is 15.4 Å². The van der Waals surface area contributed by atoms with E-state index in [0.29, 0.717) is 6.61 Å². The second kappa shape index (κ2) is 12.8. The summed E-state index contributed by atoms with van der Waals surface area (Å²) in [6.07, 6.45) is 2.36. The van der Waals surface area contributed by atoms with E-state index in [-0.39, 0.29) is 0 Å². The van der Waals surface area contributed by atoms with Crippen LogP contribution in [0.1, 0.15) is 26.7 Å². The average molecular weight is 320 g/mol. The van der Waals surface area contributed by atoms with Crippen molar-refractivity contribution in [3.63, 3.8) is 0 Å². The maximum atomic E-state index is 5.64. The third-order valence-electron chi connectivity index (χ3n) is 3.72. The molecule has 5 nitrogen and oxygen atoms in total. The van der Waals surface area contributed by atoms with Crippen LogP contribution >= 0.6 is 0 Å². The molecule has 0 aliphatic carbocycles. The van der Waals surface area contributed by atoms with E-state index in [1.807, 2.05) is 30.3 Å². The highest BCUT2D eigenvalue weighted by atomic mass is 16.5. The Bertz CT molecular complexity index is 418. The third-order valence-corrected chi connectivity index (χ3v) is 3.72. The van der Waals surface area contributed by atoms with E-state index in [1.165, 1.54) is 13.0 Å². The summed E-state index contributed by atoms with van der Waals surface area (Å²) >= 11 is 0. The van der Waals surface area contributed by atoms with E-state index >= 15 is 0 Å². The molecule has 1 aromatic carbocycles. The van der Waals surface area contributed by atoms with Gasteiger partial charge < -0.3 is 20.3 Å². The summed E-state index contributed by atoms with van der Waals surface area (Å²) in [6.45, 7) is 10.2. The highest BCUT2D eigenvalue weighted by Crippen LogP contribution is 2.07. The second-order valence-corrected chi connectivity index (χ2v) is 5.32. The molecular weight excluding hydrogens is 288 g/mol. The van der Waals surface area contributed by atoms with E-state index in [4.69, 9.17) is 4.74 Å². The monoisotopic (exact) mass is 320 g/mol. The third kappa shape index (κ3) is 9.08. The van der Waals surface area contributed by atoms with Crippen molar-refractivity contribution in [3.05, 3.63) is 30.3 Å². The lowest BCUT2D eigenvalue weighted by atomic mass is 10.3. The molecule has 1 aromatic rings. The fourth-order valence-corrected chi connectivity index (χ4v) is 2.28. The Morgan fingerprint density at radius 1 is 1.04 bits per heavy atom. The molecule has 0 atom stereocenters. The summed E-state index contributed by atoms with van der Waals surface area (Å²) in [5, 5.41) is 6.61. The van der Waals surface area contributed by atoms with Gasteiger partial charge in [-0.05, 0) is 44.6 Å². The number of aliphatic imine (C=N–C) groups is 1. The highest BCUT2D eigenvalue weighted by Gasteiger charge is 2.00. The van der Waals surface area contributed by atoms with Gasteiger partial charge in [0.05, 0.1) is 6.54 Å². The molecule has 0 aliphatic heterocycles. The van der Waals surface area contributed by atoms with Gasteiger partial charge in [-0.15, -0.1) is 0 Å². The molecule has 0 heterocycles. The van der Waals surface area contributed by atoms with Crippen molar-refractivity contribution in [1.29, 1.82) is 0 Å². The van der Waals surface area contributed by atoms with Gasteiger partial charge in [-0.2, -0.15) is 0 Å². The lowest BCUT2D eigenvalue weighted by Crippen LogP contribution is -2.39. The number of guanidine groups is 1. The van der Waals surface area contributed by atoms with Crippen LogP contribution in [-0.4, -0.2) is 57.2 Å². The molecule has 0 aromatic heterocycles. The van der Waals surface area contributed by atoms with Crippen LogP contribution in [0, 0.1) is 0 Å². The number of ether oxygens (including phenoxy) is 1. The fourth-order valence-electron chi connectivity index (χ4n) is 2.28. The molecule has 0 unspecified atom stereocenters. The number of hydrogen-bond acceptors (Lipinski definition) is 3. The van der Waals surface area contributed by atoms with E-state index < -0.39 is 0 Å². The van der Waals surface area contributed by atoms with Gasteiger partial charge in [0.25, 0.3) is 0 Å². The van der Waals surface area contributed by atoms with E-state index in [0.717, 1.165) is 44.3 Å². The van der Waals surface area contributed by atoms with Crippen LogP contribution in [0.4, 0.5) is 0 Å². The number of rotatable bonds is 11. The molecule has 0 fully saturated rings. The largest absolute Gasteiger partial charge is 0.492 e. The summed E-state index contributed by atoms with van der Waals surface area (Å²) in [5.41, 5.74) is 0. The smallest absolute Gasteiger partial charge is 0.191 e.